The minimum atomic E-state index is -0.0615. The van der Waals surface area contributed by atoms with Crippen LogP contribution in [0, 0.1) is 0 Å². The van der Waals surface area contributed by atoms with E-state index in [9.17, 15) is 4.79 Å². The van der Waals surface area contributed by atoms with Crippen LogP contribution in [0.5, 0.6) is 0 Å². The quantitative estimate of drug-likeness (QED) is 0.622. The van der Waals surface area contributed by atoms with Crippen LogP contribution in [0.25, 0.3) is 16.6 Å². The van der Waals surface area contributed by atoms with Crippen molar-refractivity contribution in [3.05, 3.63) is 85.1 Å². The molecular formula is C20H16N4O. The number of hydrogen-bond donors (Lipinski definition) is 1. The van der Waals surface area contributed by atoms with E-state index in [2.05, 4.69) is 27.4 Å². The Morgan fingerprint density at radius 2 is 1.92 bits per heavy atom. The zero-order chi connectivity index (χ0) is 17.1. The molecule has 0 unspecified atom stereocenters. The third-order valence-electron chi connectivity index (χ3n) is 4.03. The maximum Gasteiger partial charge on any atom is 0.228 e. The molecule has 25 heavy (non-hydrogen) atoms. The summed E-state index contributed by atoms with van der Waals surface area (Å²) in [4.78, 5) is 20.7. The number of nitrogens with one attached hydrogen (secondary N) is 1. The summed E-state index contributed by atoms with van der Waals surface area (Å²) in [6, 6.07) is 17.8. The van der Waals surface area contributed by atoms with Gasteiger partial charge >= 0.3 is 0 Å². The largest absolute Gasteiger partial charge is 0.324 e. The Labute approximate surface area is 145 Å². The summed E-state index contributed by atoms with van der Waals surface area (Å²) in [6.07, 6.45) is 7.17. The van der Waals surface area contributed by atoms with Crippen molar-refractivity contribution < 1.29 is 4.79 Å². The highest BCUT2D eigenvalue weighted by molar-refractivity contribution is 5.96. The number of aromatic nitrogens is 3. The minimum Gasteiger partial charge on any atom is -0.324 e. The highest BCUT2D eigenvalue weighted by Gasteiger charge is 2.08. The number of carbonyl (C=O) groups excluding carboxylic acids is 1. The zero-order valence-corrected chi connectivity index (χ0v) is 13.5. The number of pyridine rings is 1. The van der Waals surface area contributed by atoms with Crippen LogP contribution in [-0.4, -0.2) is 20.4 Å². The maximum absolute atomic E-state index is 12.4. The first kappa shape index (κ1) is 15.1. The summed E-state index contributed by atoms with van der Waals surface area (Å²) in [5.41, 5.74) is 1.69. The number of rotatable bonds is 4. The van der Waals surface area contributed by atoms with E-state index in [1.54, 1.807) is 18.7 Å². The van der Waals surface area contributed by atoms with Crippen molar-refractivity contribution in [1.82, 2.24) is 14.5 Å². The SMILES string of the molecule is O=C(Cc1cccc2ccccc12)Nc1ccc(-n2ccnc2)nc1. The number of hydrogen-bond acceptors (Lipinski definition) is 3. The van der Waals surface area contributed by atoms with Crippen molar-refractivity contribution in [2.24, 2.45) is 0 Å². The first-order valence-electron chi connectivity index (χ1n) is 8.00. The highest BCUT2D eigenvalue weighted by Crippen LogP contribution is 2.19. The van der Waals surface area contributed by atoms with Gasteiger partial charge in [-0.25, -0.2) is 9.97 Å². The van der Waals surface area contributed by atoms with Crippen LogP contribution in [-0.2, 0) is 11.2 Å². The molecule has 1 amide bonds. The predicted molar refractivity (Wildman–Crippen MR) is 97.6 cm³/mol. The van der Waals surface area contributed by atoms with E-state index >= 15 is 0 Å². The summed E-state index contributed by atoms with van der Waals surface area (Å²) >= 11 is 0. The van der Waals surface area contributed by atoms with Gasteiger partial charge in [0.2, 0.25) is 5.91 Å². The Morgan fingerprint density at radius 1 is 1.04 bits per heavy atom. The molecule has 0 fully saturated rings. The molecule has 0 radical (unpaired) electrons. The van der Waals surface area contributed by atoms with Gasteiger partial charge in [0, 0.05) is 12.4 Å². The Kier molecular flexibility index (Phi) is 3.96. The van der Waals surface area contributed by atoms with Gasteiger partial charge in [-0.2, -0.15) is 0 Å². The van der Waals surface area contributed by atoms with Gasteiger partial charge in [-0.05, 0) is 28.5 Å². The molecular weight excluding hydrogens is 312 g/mol. The number of amides is 1. The molecule has 5 nitrogen and oxygen atoms in total. The van der Waals surface area contributed by atoms with Crippen LogP contribution >= 0.6 is 0 Å². The Morgan fingerprint density at radius 3 is 2.72 bits per heavy atom. The number of anilines is 1. The second-order valence-electron chi connectivity index (χ2n) is 5.74. The van der Waals surface area contributed by atoms with Crippen molar-refractivity contribution >= 4 is 22.4 Å². The molecule has 0 atom stereocenters. The minimum absolute atomic E-state index is 0.0615. The predicted octanol–water partition coefficient (Wildman–Crippen LogP) is 3.60. The topological polar surface area (TPSA) is 59.8 Å². The first-order chi connectivity index (χ1) is 12.3. The van der Waals surface area contributed by atoms with E-state index in [4.69, 9.17) is 0 Å². The lowest BCUT2D eigenvalue weighted by molar-refractivity contribution is -0.115. The molecule has 0 spiro atoms. The summed E-state index contributed by atoms with van der Waals surface area (Å²) in [5, 5.41) is 5.14. The van der Waals surface area contributed by atoms with Crippen LogP contribution in [0.4, 0.5) is 5.69 Å². The Hall–Kier alpha value is -3.47. The fraction of sp³-hybridized carbons (Fsp3) is 0.0500. The van der Waals surface area contributed by atoms with E-state index in [-0.39, 0.29) is 5.91 Å². The van der Waals surface area contributed by atoms with Crippen LogP contribution < -0.4 is 5.32 Å². The zero-order valence-electron chi connectivity index (χ0n) is 13.5. The van der Waals surface area contributed by atoms with Crippen molar-refractivity contribution in [3.8, 4) is 5.82 Å². The van der Waals surface area contributed by atoms with Gasteiger partial charge in [0.15, 0.2) is 0 Å². The molecule has 2 aromatic carbocycles. The molecule has 0 aliphatic rings. The van der Waals surface area contributed by atoms with E-state index in [1.165, 1.54) is 0 Å². The lowest BCUT2D eigenvalue weighted by atomic mass is 10.0. The van der Waals surface area contributed by atoms with E-state index in [0.29, 0.717) is 12.1 Å². The average Bonchev–Trinajstić information content (AvgIpc) is 3.17. The summed E-state index contributed by atoms with van der Waals surface area (Å²) in [7, 11) is 0. The number of carbonyl (C=O) groups is 1. The molecule has 5 heteroatoms. The molecule has 122 valence electrons. The lowest BCUT2D eigenvalue weighted by Crippen LogP contribution is -2.14. The average molecular weight is 328 g/mol. The molecule has 0 aliphatic carbocycles. The summed E-state index contributed by atoms with van der Waals surface area (Å²) in [5.74, 6) is 0.693. The van der Waals surface area contributed by atoms with Gasteiger partial charge in [0.1, 0.15) is 12.1 Å². The molecule has 2 heterocycles. The van der Waals surface area contributed by atoms with Crippen molar-refractivity contribution in [1.29, 1.82) is 0 Å². The van der Waals surface area contributed by atoms with Gasteiger partial charge < -0.3 is 5.32 Å². The Balaban J connectivity index is 1.48. The molecule has 0 aliphatic heterocycles. The van der Waals surface area contributed by atoms with E-state index in [1.807, 2.05) is 53.2 Å². The second kappa shape index (κ2) is 6.57. The normalized spacial score (nSPS) is 10.7. The van der Waals surface area contributed by atoms with Crippen LogP contribution in [0.2, 0.25) is 0 Å². The number of fused-ring (bicyclic) bond motifs is 1. The summed E-state index contributed by atoms with van der Waals surface area (Å²) < 4.78 is 1.81. The molecule has 4 rings (SSSR count). The molecule has 0 saturated carbocycles. The first-order valence-corrected chi connectivity index (χ1v) is 8.00. The molecule has 1 N–H and O–H groups in total. The van der Waals surface area contributed by atoms with Gasteiger partial charge in [-0.3, -0.25) is 9.36 Å². The standard InChI is InChI=1S/C20H16N4O/c25-20(12-16-6-3-5-15-4-1-2-7-18(15)16)23-17-8-9-19(22-13-17)24-11-10-21-14-24/h1-11,13-14H,12H2,(H,23,25). The Bertz CT molecular complexity index is 1000. The summed E-state index contributed by atoms with van der Waals surface area (Å²) in [6.45, 7) is 0. The van der Waals surface area contributed by atoms with Gasteiger partial charge in [-0.1, -0.05) is 42.5 Å². The monoisotopic (exact) mass is 328 g/mol. The van der Waals surface area contributed by atoms with Crippen molar-refractivity contribution in [3.63, 3.8) is 0 Å². The number of imidazole rings is 1. The van der Waals surface area contributed by atoms with E-state index in [0.717, 1.165) is 22.2 Å². The van der Waals surface area contributed by atoms with Gasteiger partial charge in [-0.15, -0.1) is 0 Å². The fourth-order valence-corrected chi connectivity index (χ4v) is 2.83. The fourth-order valence-electron chi connectivity index (χ4n) is 2.83. The van der Waals surface area contributed by atoms with Gasteiger partial charge in [0.05, 0.1) is 18.3 Å². The highest BCUT2D eigenvalue weighted by atomic mass is 16.1. The molecule has 0 bridgehead atoms. The smallest absolute Gasteiger partial charge is 0.228 e. The van der Waals surface area contributed by atoms with Crippen LogP contribution in [0.3, 0.4) is 0 Å². The van der Waals surface area contributed by atoms with Crippen molar-refractivity contribution in [2.75, 3.05) is 5.32 Å². The lowest BCUT2D eigenvalue weighted by Gasteiger charge is -2.08. The van der Waals surface area contributed by atoms with Gasteiger partial charge in [0.25, 0.3) is 0 Å². The number of benzene rings is 2. The molecule has 0 saturated heterocycles. The van der Waals surface area contributed by atoms with Crippen LogP contribution in [0.1, 0.15) is 5.56 Å². The number of nitrogens with zero attached hydrogens (tertiary/aromatic N) is 3. The molecule has 4 aromatic rings. The van der Waals surface area contributed by atoms with E-state index < -0.39 is 0 Å². The third-order valence-corrected chi connectivity index (χ3v) is 4.03. The van der Waals surface area contributed by atoms with Crippen LogP contribution in [0.15, 0.2) is 79.5 Å². The molecule has 2 aromatic heterocycles. The third kappa shape index (κ3) is 3.26. The maximum atomic E-state index is 12.4. The van der Waals surface area contributed by atoms with Crippen molar-refractivity contribution in [2.45, 2.75) is 6.42 Å². The second-order valence-corrected chi connectivity index (χ2v) is 5.74.